The summed E-state index contributed by atoms with van der Waals surface area (Å²) in [7, 11) is 0. The Bertz CT molecular complexity index is 682. The zero-order valence-electron chi connectivity index (χ0n) is 10.7. The molecule has 0 saturated carbocycles. The van der Waals surface area contributed by atoms with Crippen LogP contribution >= 0.6 is 0 Å². The maximum Gasteiger partial charge on any atom is 0.0704 e. The van der Waals surface area contributed by atoms with Crippen molar-refractivity contribution in [1.82, 2.24) is 4.98 Å². The van der Waals surface area contributed by atoms with Crippen LogP contribution in [-0.4, -0.2) is 4.98 Å². The summed E-state index contributed by atoms with van der Waals surface area (Å²) in [6, 6.07) is 18.9. The Kier molecular flexibility index (Phi) is 3.25. The molecule has 0 bridgehead atoms. The molecule has 2 nitrogen and oxygen atoms in total. The minimum atomic E-state index is 0.596. The minimum absolute atomic E-state index is 0.596. The molecule has 0 aliphatic heterocycles. The summed E-state index contributed by atoms with van der Waals surface area (Å²) < 4.78 is 0. The van der Waals surface area contributed by atoms with Crippen LogP contribution in [0.5, 0.6) is 0 Å². The highest BCUT2D eigenvalue weighted by Gasteiger charge is 2.02. The van der Waals surface area contributed by atoms with Crippen LogP contribution in [0.25, 0.3) is 10.9 Å². The fraction of sp³-hybridized carbons (Fsp3) is 0.118. The Morgan fingerprint density at radius 1 is 0.842 bits per heavy atom. The molecule has 0 amide bonds. The summed E-state index contributed by atoms with van der Waals surface area (Å²) in [4.78, 5) is 4.39. The molecule has 0 aliphatic carbocycles. The van der Waals surface area contributed by atoms with Crippen LogP contribution in [0.4, 0.5) is 0 Å². The van der Waals surface area contributed by atoms with E-state index in [0.29, 0.717) is 6.54 Å². The zero-order chi connectivity index (χ0) is 13.1. The molecule has 94 valence electrons. The topological polar surface area (TPSA) is 38.9 Å². The lowest BCUT2D eigenvalue weighted by atomic mass is 10.0. The van der Waals surface area contributed by atoms with Gasteiger partial charge in [-0.25, -0.2) is 0 Å². The molecule has 0 atom stereocenters. The Morgan fingerprint density at radius 3 is 2.37 bits per heavy atom. The van der Waals surface area contributed by atoms with Crippen LogP contribution in [0.3, 0.4) is 0 Å². The number of nitrogens with zero attached hydrogens (tertiary/aromatic N) is 1. The van der Waals surface area contributed by atoms with E-state index in [4.69, 9.17) is 5.73 Å². The number of pyridine rings is 1. The standard InChI is InChI=1S/C17H16N2/c18-12-14-7-5-13(6-8-14)11-15-9-10-19-17-4-2-1-3-16(15)17/h1-10H,11-12,18H2. The Balaban J connectivity index is 1.96. The van der Waals surface area contributed by atoms with E-state index in [1.54, 1.807) is 0 Å². The van der Waals surface area contributed by atoms with E-state index in [9.17, 15) is 0 Å². The van der Waals surface area contributed by atoms with Gasteiger partial charge in [0.25, 0.3) is 0 Å². The van der Waals surface area contributed by atoms with Crippen molar-refractivity contribution < 1.29 is 0 Å². The number of nitrogens with two attached hydrogens (primary N) is 1. The summed E-state index contributed by atoms with van der Waals surface area (Å²) in [5.41, 5.74) is 10.5. The molecule has 2 aromatic carbocycles. The average molecular weight is 248 g/mol. The largest absolute Gasteiger partial charge is 0.326 e. The van der Waals surface area contributed by atoms with Gasteiger partial charge < -0.3 is 5.73 Å². The van der Waals surface area contributed by atoms with E-state index < -0.39 is 0 Å². The minimum Gasteiger partial charge on any atom is -0.326 e. The van der Waals surface area contributed by atoms with Gasteiger partial charge in [0.05, 0.1) is 5.52 Å². The first-order chi connectivity index (χ1) is 9.36. The monoisotopic (exact) mass is 248 g/mol. The molecule has 3 aromatic rings. The average Bonchev–Trinajstić information content (AvgIpc) is 2.48. The number of aromatic nitrogens is 1. The van der Waals surface area contributed by atoms with Crippen LogP contribution in [0, 0.1) is 0 Å². The lowest BCUT2D eigenvalue weighted by molar-refractivity contribution is 1.06. The van der Waals surface area contributed by atoms with Crippen LogP contribution in [0.2, 0.25) is 0 Å². The van der Waals surface area contributed by atoms with Crippen LogP contribution < -0.4 is 5.73 Å². The van der Waals surface area contributed by atoms with Crippen LogP contribution in [0.1, 0.15) is 16.7 Å². The molecule has 2 heteroatoms. The zero-order valence-corrected chi connectivity index (χ0v) is 10.7. The van der Waals surface area contributed by atoms with Crippen molar-refractivity contribution in [3.63, 3.8) is 0 Å². The number of benzene rings is 2. The Morgan fingerprint density at radius 2 is 1.58 bits per heavy atom. The van der Waals surface area contributed by atoms with Gasteiger partial charge in [0.2, 0.25) is 0 Å². The molecule has 3 rings (SSSR count). The molecule has 0 fully saturated rings. The molecular formula is C17H16N2. The molecule has 0 radical (unpaired) electrons. The van der Waals surface area contributed by atoms with Gasteiger partial charge in [0.1, 0.15) is 0 Å². The van der Waals surface area contributed by atoms with Crippen molar-refractivity contribution in [2.75, 3.05) is 0 Å². The van der Waals surface area contributed by atoms with Crippen molar-refractivity contribution >= 4 is 10.9 Å². The van der Waals surface area contributed by atoms with Crippen molar-refractivity contribution in [2.24, 2.45) is 5.73 Å². The van der Waals surface area contributed by atoms with Gasteiger partial charge in [-0.1, -0.05) is 42.5 Å². The second kappa shape index (κ2) is 5.21. The van der Waals surface area contributed by atoms with E-state index in [2.05, 4.69) is 53.5 Å². The van der Waals surface area contributed by atoms with Gasteiger partial charge in [-0.05, 0) is 35.2 Å². The summed E-state index contributed by atoms with van der Waals surface area (Å²) in [5.74, 6) is 0. The molecule has 0 spiro atoms. The maximum absolute atomic E-state index is 5.62. The number of hydrogen-bond acceptors (Lipinski definition) is 2. The smallest absolute Gasteiger partial charge is 0.0704 e. The van der Waals surface area contributed by atoms with Crippen LogP contribution in [-0.2, 0) is 13.0 Å². The van der Waals surface area contributed by atoms with Gasteiger partial charge in [-0.15, -0.1) is 0 Å². The number of para-hydroxylation sites is 1. The van der Waals surface area contributed by atoms with Gasteiger partial charge in [-0.2, -0.15) is 0 Å². The Labute approximate surface area is 112 Å². The Hall–Kier alpha value is -2.19. The summed E-state index contributed by atoms with van der Waals surface area (Å²) >= 11 is 0. The first-order valence-electron chi connectivity index (χ1n) is 6.47. The van der Waals surface area contributed by atoms with Gasteiger partial charge in [-0.3, -0.25) is 4.98 Å². The highest BCUT2D eigenvalue weighted by molar-refractivity contribution is 5.82. The van der Waals surface area contributed by atoms with Gasteiger partial charge in [0, 0.05) is 18.1 Å². The first kappa shape index (κ1) is 11.9. The molecular weight excluding hydrogens is 232 g/mol. The van der Waals surface area contributed by atoms with E-state index >= 15 is 0 Å². The number of fused-ring (bicyclic) bond motifs is 1. The van der Waals surface area contributed by atoms with Crippen molar-refractivity contribution in [1.29, 1.82) is 0 Å². The predicted octanol–water partition coefficient (Wildman–Crippen LogP) is 3.28. The summed E-state index contributed by atoms with van der Waals surface area (Å²) in [6.07, 6.45) is 2.81. The highest BCUT2D eigenvalue weighted by atomic mass is 14.6. The maximum atomic E-state index is 5.62. The lowest BCUT2D eigenvalue weighted by Crippen LogP contribution is -1.96. The third-order valence-electron chi connectivity index (χ3n) is 3.39. The molecule has 1 aromatic heterocycles. The molecule has 2 N–H and O–H groups in total. The summed E-state index contributed by atoms with van der Waals surface area (Å²) in [6.45, 7) is 0.596. The second-order valence-corrected chi connectivity index (χ2v) is 4.68. The van der Waals surface area contributed by atoms with E-state index in [0.717, 1.165) is 11.9 Å². The number of hydrogen-bond donors (Lipinski definition) is 1. The molecule has 0 aliphatic rings. The van der Waals surface area contributed by atoms with Crippen molar-refractivity contribution in [3.05, 3.63) is 77.5 Å². The van der Waals surface area contributed by atoms with Crippen molar-refractivity contribution in [3.8, 4) is 0 Å². The predicted molar refractivity (Wildman–Crippen MR) is 78.9 cm³/mol. The van der Waals surface area contributed by atoms with Gasteiger partial charge >= 0.3 is 0 Å². The normalized spacial score (nSPS) is 10.8. The van der Waals surface area contributed by atoms with E-state index in [1.807, 2.05) is 12.3 Å². The molecule has 1 heterocycles. The number of rotatable bonds is 3. The fourth-order valence-corrected chi connectivity index (χ4v) is 2.32. The molecule has 0 unspecified atom stereocenters. The lowest BCUT2D eigenvalue weighted by Gasteiger charge is -2.06. The van der Waals surface area contributed by atoms with E-state index in [-0.39, 0.29) is 0 Å². The highest BCUT2D eigenvalue weighted by Crippen LogP contribution is 2.19. The molecule has 19 heavy (non-hydrogen) atoms. The quantitative estimate of drug-likeness (QED) is 0.772. The SMILES string of the molecule is NCc1ccc(Cc2ccnc3ccccc23)cc1. The third kappa shape index (κ3) is 2.49. The first-order valence-corrected chi connectivity index (χ1v) is 6.47. The van der Waals surface area contributed by atoms with E-state index in [1.165, 1.54) is 22.1 Å². The van der Waals surface area contributed by atoms with Crippen LogP contribution in [0.15, 0.2) is 60.8 Å². The van der Waals surface area contributed by atoms with Crippen molar-refractivity contribution in [2.45, 2.75) is 13.0 Å². The third-order valence-corrected chi connectivity index (χ3v) is 3.39. The summed E-state index contributed by atoms with van der Waals surface area (Å²) in [5, 5.41) is 1.23. The fourth-order valence-electron chi connectivity index (χ4n) is 2.32. The molecule has 0 saturated heterocycles. The second-order valence-electron chi connectivity index (χ2n) is 4.68. The van der Waals surface area contributed by atoms with Gasteiger partial charge in [0.15, 0.2) is 0 Å².